The summed E-state index contributed by atoms with van der Waals surface area (Å²) < 4.78 is 1.84. The first-order chi connectivity index (χ1) is 18.5. The van der Waals surface area contributed by atoms with E-state index in [4.69, 9.17) is 4.84 Å². The number of hydrogen-bond donors (Lipinski definition) is 1. The van der Waals surface area contributed by atoms with E-state index in [0.717, 1.165) is 30.2 Å². The molecule has 8 nitrogen and oxygen atoms in total. The highest BCUT2D eigenvalue weighted by Gasteiger charge is 2.45. The molecule has 3 heterocycles. The SMILES string of the molecule is CCON=C(C(=O)O)c1nc2ccccc2n([C@@H]2CC3CCC[C@H](C2)N3C2CC3CCCCC(C3)C2)c1=O. The first-order valence-corrected chi connectivity index (χ1v) is 14.8. The van der Waals surface area contributed by atoms with Crippen molar-refractivity contribution < 1.29 is 14.7 Å². The third-order valence-corrected chi connectivity index (χ3v) is 9.65. The van der Waals surface area contributed by atoms with Crippen molar-refractivity contribution in [1.82, 2.24) is 14.5 Å². The molecule has 8 heteroatoms. The van der Waals surface area contributed by atoms with E-state index in [9.17, 15) is 14.7 Å². The summed E-state index contributed by atoms with van der Waals surface area (Å²) in [5, 5.41) is 13.6. The molecule has 38 heavy (non-hydrogen) atoms. The molecule has 0 amide bonds. The number of oxime groups is 1. The number of carboxylic acids is 1. The van der Waals surface area contributed by atoms with Crippen molar-refractivity contribution in [3.05, 3.63) is 40.3 Å². The van der Waals surface area contributed by atoms with E-state index in [1.54, 1.807) is 6.92 Å². The van der Waals surface area contributed by atoms with Crippen LogP contribution in [0.15, 0.2) is 34.2 Å². The van der Waals surface area contributed by atoms with Crippen molar-refractivity contribution in [1.29, 1.82) is 0 Å². The maximum absolute atomic E-state index is 14.0. The van der Waals surface area contributed by atoms with Crippen molar-refractivity contribution in [2.75, 3.05) is 6.61 Å². The Balaban J connectivity index is 1.36. The fourth-order valence-electron chi connectivity index (χ4n) is 8.29. The minimum atomic E-state index is -1.31. The molecule has 4 bridgehead atoms. The van der Waals surface area contributed by atoms with Crippen LogP contribution in [-0.4, -0.2) is 56.0 Å². The van der Waals surface area contributed by atoms with Gasteiger partial charge < -0.3 is 14.5 Å². The summed E-state index contributed by atoms with van der Waals surface area (Å²) in [5.74, 6) is 0.455. The Morgan fingerprint density at radius 1 is 0.947 bits per heavy atom. The van der Waals surface area contributed by atoms with Crippen LogP contribution in [0.2, 0.25) is 0 Å². The van der Waals surface area contributed by atoms with Crippen molar-refractivity contribution in [3.63, 3.8) is 0 Å². The quantitative estimate of drug-likeness (QED) is 0.419. The second-order valence-corrected chi connectivity index (χ2v) is 12.0. The highest BCUT2D eigenvalue weighted by Crippen LogP contribution is 2.47. The predicted octanol–water partition coefficient (Wildman–Crippen LogP) is 5.14. The topological polar surface area (TPSA) is 97.0 Å². The van der Waals surface area contributed by atoms with Gasteiger partial charge in [0.05, 0.1) is 11.0 Å². The molecule has 1 aromatic carbocycles. The van der Waals surface area contributed by atoms with Crippen molar-refractivity contribution in [2.45, 2.75) is 108 Å². The number of fused-ring (bicyclic) bond motifs is 5. The van der Waals surface area contributed by atoms with Crippen LogP contribution in [0, 0.1) is 11.8 Å². The van der Waals surface area contributed by atoms with E-state index in [1.807, 2.05) is 28.8 Å². The lowest BCUT2D eigenvalue weighted by molar-refractivity contribution is -0.129. The van der Waals surface area contributed by atoms with Gasteiger partial charge in [-0.1, -0.05) is 49.4 Å². The van der Waals surface area contributed by atoms with Gasteiger partial charge in [-0.3, -0.25) is 9.69 Å². The van der Waals surface area contributed by atoms with Crippen molar-refractivity contribution >= 4 is 22.7 Å². The summed E-state index contributed by atoms with van der Waals surface area (Å²) in [6, 6.07) is 9.18. The van der Waals surface area contributed by atoms with Gasteiger partial charge in [-0.2, -0.15) is 0 Å². The van der Waals surface area contributed by atoms with Crippen LogP contribution < -0.4 is 5.56 Å². The average Bonchev–Trinajstić information content (AvgIpc) is 3.07. The summed E-state index contributed by atoms with van der Waals surface area (Å²) in [6.45, 7) is 1.94. The van der Waals surface area contributed by atoms with Gasteiger partial charge in [0.15, 0.2) is 5.69 Å². The van der Waals surface area contributed by atoms with E-state index in [0.29, 0.717) is 23.6 Å². The van der Waals surface area contributed by atoms with Crippen LogP contribution in [0.25, 0.3) is 11.0 Å². The molecule has 3 unspecified atom stereocenters. The van der Waals surface area contributed by atoms with Crippen LogP contribution in [0.3, 0.4) is 0 Å². The zero-order chi connectivity index (χ0) is 26.2. The molecule has 2 aliphatic heterocycles. The smallest absolute Gasteiger partial charge is 0.360 e. The molecule has 2 aliphatic carbocycles. The third-order valence-electron chi connectivity index (χ3n) is 9.65. The maximum atomic E-state index is 14.0. The van der Waals surface area contributed by atoms with Crippen molar-refractivity contribution in [2.24, 2.45) is 17.0 Å². The number of benzene rings is 1. The Bertz CT molecular complexity index is 1240. The van der Waals surface area contributed by atoms with Crippen LogP contribution in [0.5, 0.6) is 0 Å². The molecule has 0 spiro atoms. The lowest BCUT2D eigenvalue weighted by atomic mass is 9.73. The summed E-state index contributed by atoms with van der Waals surface area (Å²) >= 11 is 0. The molecule has 204 valence electrons. The van der Waals surface area contributed by atoms with E-state index in [1.165, 1.54) is 64.2 Å². The second-order valence-electron chi connectivity index (χ2n) is 12.0. The van der Waals surface area contributed by atoms with Crippen LogP contribution in [0.1, 0.15) is 95.7 Å². The molecule has 6 rings (SSSR count). The molecule has 2 saturated heterocycles. The number of carboxylic acid groups (broad SMARTS) is 1. The van der Waals surface area contributed by atoms with Gasteiger partial charge >= 0.3 is 5.97 Å². The molecule has 4 fully saturated rings. The Morgan fingerprint density at radius 3 is 2.29 bits per heavy atom. The molecular formula is C30H40N4O4. The van der Waals surface area contributed by atoms with Gasteiger partial charge in [-0.15, -0.1) is 0 Å². The van der Waals surface area contributed by atoms with E-state index >= 15 is 0 Å². The average molecular weight is 521 g/mol. The number of para-hydroxylation sites is 2. The number of aliphatic carboxylic acids is 1. The fraction of sp³-hybridized carbons (Fsp3) is 0.667. The number of carbonyl (C=O) groups is 1. The molecule has 2 aromatic rings. The minimum absolute atomic E-state index is 0.00806. The molecular weight excluding hydrogens is 480 g/mol. The van der Waals surface area contributed by atoms with Crippen LogP contribution >= 0.6 is 0 Å². The summed E-state index contributed by atoms with van der Waals surface area (Å²) in [6.07, 6.45) is 15.1. The lowest BCUT2D eigenvalue weighted by Crippen LogP contribution is -2.58. The highest BCUT2D eigenvalue weighted by atomic mass is 16.6. The molecule has 2 saturated carbocycles. The number of nitrogens with zero attached hydrogens (tertiary/aromatic N) is 4. The Kier molecular flexibility index (Phi) is 7.25. The number of aromatic nitrogens is 2. The summed E-state index contributed by atoms with van der Waals surface area (Å²) in [5.41, 5.74) is 0.413. The van der Waals surface area contributed by atoms with Gasteiger partial charge in [0, 0.05) is 24.2 Å². The highest BCUT2D eigenvalue weighted by molar-refractivity contribution is 6.41. The van der Waals surface area contributed by atoms with Crippen LogP contribution in [-0.2, 0) is 9.63 Å². The van der Waals surface area contributed by atoms with E-state index < -0.39 is 11.7 Å². The monoisotopic (exact) mass is 520 g/mol. The minimum Gasteiger partial charge on any atom is -0.476 e. The van der Waals surface area contributed by atoms with Gasteiger partial charge in [-0.05, 0) is 75.8 Å². The Hall–Kier alpha value is -2.74. The normalized spacial score (nSPS) is 32.1. The molecule has 4 aliphatic rings. The lowest BCUT2D eigenvalue weighted by Gasteiger charge is -2.54. The van der Waals surface area contributed by atoms with Crippen molar-refractivity contribution in [3.8, 4) is 0 Å². The Labute approximate surface area is 224 Å². The van der Waals surface area contributed by atoms with Gasteiger partial charge in [0.2, 0.25) is 5.71 Å². The van der Waals surface area contributed by atoms with Crippen LogP contribution in [0.4, 0.5) is 0 Å². The molecule has 1 aromatic heterocycles. The zero-order valence-electron chi connectivity index (χ0n) is 22.4. The largest absolute Gasteiger partial charge is 0.476 e. The predicted molar refractivity (Wildman–Crippen MR) is 146 cm³/mol. The first-order valence-electron chi connectivity index (χ1n) is 14.8. The van der Waals surface area contributed by atoms with Gasteiger partial charge in [-0.25, -0.2) is 9.78 Å². The number of piperidine rings is 2. The maximum Gasteiger partial charge on any atom is 0.360 e. The second kappa shape index (κ2) is 10.8. The Morgan fingerprint density at radius 2 is 1.63 bits per heavy atom. The van der Waals surface area contributed by atoms with Gasteiger partial charge in [0.25, 0.3) is 5.56 Å². The van der Waals surface area contributed by atoms with E-state index in [2.05, 4.69) is 15.0 Å². The standard InChI is InChI=1S/C30H40N4O4/c1-2-38-32-28(30(36)37)27-29(35)34(26-13-6-5-12-25(26)31-27)24-17-21-10-7-11-22(18-24)33(21)23-15-19-8-3-4-9-20(14-19)16-23/h5-6,12-13,19-24H,2-4,7-11,14-18H2,1H3,(H,36,37)/t19?,20?,21-,22?,23?,24+/m1/s1. The summed E-state index contributed by atoms with van der Waals surface area (Å²) in [4.78, 5) is 38.4. The third kappa shape index (κ3) is 4.76. The van der Waals surface area contributed by atoms with E-state index in [-0.39, 0.29) is 23.9 Å². The first kappa shape index (κ1) is 25.5. The zero-order valence-corrected chi connectivity index (χ0v) is 22.4. The fourth-order valence-corrected chi connectivity index (χ4v) is 8.29. The molecule has 1 N–H and O–H groups in total. The van der Waals surface area contributed by atoms with Gasteiger partial charge in [0.1, 0.15) is 6.61 Å². The number of hydrogen-bond acceptors (Lipinski definition) is 6. The molecule has 5 atom stereocenters. The summed E-state index contributed by atoms with van der Waals surface area (Å²) in [7, 11) is 0. The molecule has 0 radical (unpaired) electrons. The number of rotatable bonds is 6.